The number of hydrogen-bond donors (Lipinski definition) is 2. The molecule has 9 nitrogen and oxygen atoms in total. The summed E-state index contributed by atoms with van der Waals surface area (Å²) in [5.74, 6) is 0.864. The van der Waals surface area contributed by atoms with Crippen molar-refractivity contribution in [3.05, 3.63) is 77.9 Å². The topological polar surface area (TPSA) is 106 Å². The minimum absolute atomic E-state index is 0.116. The highest BCUT2D eigenvalue weighted by molar-refractivity contribution is 6.00. The Balaban J connectivity index is 1.11. The van der Waals surface area contributed by atoms with E-state index in [2.05, 4.69) is 10.6 Å². The fraction of sp³-hybridized carbons (Fsp3) is 0.250. The van der Waals surface area contributed by atoms with Gasteiger partial charge in [0.05, 0.1) is 5.92 Å². The lowest BCUT2D eigenvalue weighted by Crippen LogP contribution is -2.32. The van der Waals surface area contributed by atoms with Crippen LogP contribution in [0.25, 0.3) is 0 Å². The van der Waals surface area contributed by atoms with Gasteiger partial charge in [-0.15, -0.1) is 0 Å². The van der Waals surface area contributed by atoms with Crippen molar-refractivity contribution in [2.24, 2.45) is 5.92 Å². The summed E-state index contributed by atoms with van der Waals surface area (Å²) >= 11 is 0. The molecule has 0 aromatic heterocycles. The first-order valence-electron chi connectivity index (χ1n) is 12.0. The second kappa shape index (κ2) is 10.6. The minimum atomic E-state index is -0.442. The third kappa shape index (κ3) is 5.66. The molecule has 3 aromatic rings. The Morgan fingerprint density at radius 1 is 1.03 bits per heavy atom. The van der Waals surface area contributed by atoms with Crippen molar-refractivity contribution in [1.29, 1.82) is 0 Å². The lowest BCUT2D eigenvalue weighted by atomic mass is 10.1. The van der Waals surface area contributed by atoms with E-state index in [1.165, 1.54) is 0 Å². The number of ether oxygens (including phenoxy) is 3. The van der Waals surface area contributed by atoms with Gasteiger partial charge in [0.2, 0.25) is 18.6 Å². The molecular weight excluding hydrogens is 474 g/mol. The van der Waals surface area contributed by atoms with Crippen molar-refractivity contribution >= 4 is 29.1 Å². The third-order valence-corrected chi connectivity index (χ3v) is 6.34. The summed E-state index contributed by atoms with van der Waals surface area (Å²) in [5.41, 5.74) is 3.28. The molecule has 9 heteroatoms. The molecule has 37 heavy (non-hydrogen) atoms. The maximum absolute atomic E-state index is 12.7. The SMILES string of the molecule is Cc1ccccc1NC(=O)COc1ccc(N2C[C@@H](C(=O)NCc3ccc4c(c3)OCO4)CC2=O)cc1. The molecule has 3 aromatic carbocycles. The van der Waals surface area contributed by atoms with Gasteiger partial charge in [0.25, 0.3) is 5.91 Å². The molecule has 1 saturated heterocycles. The predicted octanol–water partition coefficient (Wildman–Crippen LogP) is 3.41. The van der Waals surface area contributed by atoms with Crippen LogP contribution in [0, 0.1) is 12.8 Å². The van der Waals surface area contributed by atoms with Crippen LogP contribution in [0.3, 0.4) is 0 Å². The first-order valence-corrected chi connectivity index (χ1v) is 12.0. The van der Waals surface area contributed by atoms with Gasteiger partial charge in [-0.05, 0) is 60.5 Å². The second-order valence-corrected chi connectivity index (χ2v) is 8.96. The average Bonchev–Trinajstić information content (AvgIpc) is 3.54. The molecular formula is C28H27N3O6. The van der Waals surface area contributed by atoms with Gasteiger partial charge in [-0.2, -0.15) is 0 Å². The third-order valence-electron chi connectivity index (χ3n) is 6.34. The zero-order chi connectivity index (χ0) is 25.8. The number of nitrogens with one attached hydrogen (secondary N) is 2. The smallest absolute Gasteiger partial charge is 0.262 e. The Hall–Kier alpha value is -4.53. The lowest BCUT2D eigenvalue weighted by Gasteiger charge is -2.17. The number of amides is 3. The molecule has 1 atom stereocenters. The molecule has 0 unspecified atom stereocenters. The van der Waals surface area contributed by atoms with Gasteiger partial charge in [0, 0.05) is 30.9 Å². The Morgan fingerprint density at radius 2 is 1.81 bits per heavy atom. The second-order valence-electron chi connectivity index (χ2n) is 8.96. The fourth-order valence-electron chi connectivity index (χ4n) is 4.29. The molecule has 190 valence electrons. The summed E-state index contributed by atoms with van der Waals surface area (Å²) < 4.78 is 16.3. The average molecular weight is 502 g/mol. The van der Waals surface area contributed by atoms with E-state index in [1.807, 2.05) is 49.4 Å². The van der Waals surface area contributed by atoms with E-state index in [4.69, 9.17) is 14.2 Å². The molecule has 2 N–H and O–H groups in total. The van der Waals surface area contributed by atoms with Crippen molar-refractivity contribution in [2.45, 2.75) is 19.9 Å². The van der Waals surface area contributed by atoms with Gasteiger partial charge < -0.3 is 29.7 Å². The molecule has 3 amide bonds. The van der Waals surface area contributed by atoms with Crippen molar-refractivity contribution in [2.75, 3.05) is 30.2 Å². The quantitative estimate of drug-likeness (QED) is 0.490. The summed E-state index contributed by atoms with van der Waals surface area (Å²) in [6, 6.07) is 19.9. The summed E-state index contributed by atoms with van der Waals surface area (Å²) in [6.45, 7) is 2.61. The number of fused-ring (bicyclic) bond motifs is 1. The van der Waals surface area contributed by atoms with Gasteiger partial charge in [0.15, 0.2) is 18.1 Å². The van der Waals surface area contributed by atoms with Crippen LogP contribution in [0.2, 0.25) is 0 Å². The van der Waals surface area contributed by atoms with Gasteiger partial charge in [0.1, 0.15) is 5.75 Å². The number of nitrogens with zero attached hydrogens (tertiary/aromatic N) is 1. The van der Waals surface area contributed by atoms with Crippen molar-refractivity contribution in [3.8, 4) is 17.2 Å². The molecule has 0 spiro atoms. The number of carbonyl (C=O) groups excluding carboxylic acids is 3. The molecule has 5 rings (SSSR count). The fourth-order valence-corrected chi connectivity index (χ4v) is 4.29. The molecule has 0 saturated carbocycles. The molecule has 0 bridgehead atoms. The molecule has 1 fully saturated rings. The number of carbonyl (C=O) groups is 3. The van der Waals surface area contributed by atoms with Crippen LogP contribution in [0.15, 0.2) is 66.7 Å². The Bertz CT molecular complexity index is 1320. The van der Waals surface area contributed by atoms with Crippen LogP contribution in [0.1, 0.15) is 17.5 Å². The summed E-state index contributed by atoms with van der Waals surface area (Å²) in [4.78, 5) is 39.2. The van der Waals surface area contributed by atoms with Gasteiger partial charge in [-0.3, -0.25) is 14.4 Å². The van der Waals surface area contributed by atoms with E-state index in [-0.39, 0.29) is 37.5 Å². The number of rotatable bonds is 8. The largest absolute Gasteiger partial charge is 0.484 e. The highest BCUT2D eigenvalue weighted by Crippen LogP contribution is 2.32. The highest BCUT2D eigenvalue weighted by atomic mass is 16.7. The predicted molar refractivity (Wildman–Crippen MR) is 137 cm³/mol. The van der Waals surface area contributed by atoms with Crippen LogP contribution in [-0.2, 0) is 20.9 Å². The van der Waals surface area contributed by atoms with Crippen LogP contribution in [-0.4, -0.2) is 37.7 Å². The molecule has 0 aliphatic carbocycles. The zero-order valence-electron chi connectivity index (χ0n) is 20.4. The normalized spacial score (nSPS) is 16.0. The molecule has 0 radical (unpaired) electrons. The zero-order valence-corrected chi connectivity index (χ0v) is 20.4. The van der Waals surface area contributed by atoms with Gasteiger partial charge >= 0.3 is 0 Å². The lowest BCUT2D eigenvalue weighted by molar-refractivity contribution is -0.126. The van der Waals surface area contributed by atoms with E-state index in [9.17, 15) is 14.4 Å². The summed E-state index contributed by atoms with van der Waals surface area (Å²) in [6.07, 6.45) is 0.143. The maximum Gasteiger partial charge on any atom is 0.262 e. The highest BCUT2D eigenvalue weighted by Gasteiger charge is 2.35. The maximum atomic E-state index is 12.7. The molecule has 2 heterocycles. The first kappa shape index (κ1) is 24.2. The number of benzene rings is 3. The summed E-state index contributed by atoms with van der Waals surface area (Å²) in [5, 5.41) is 5.73. The number of aryl methyl sites for hydroxylation is 1. The van der Waals surface area contributed by atoms with Gasteiger partial charge in [-0.1, -0.05) is 24.3 Å². The minimum Gasteiger partial charge on any atom is -0.484 e. The van der Waals surface area contributed by atoms with E-state index >= 15 is 0 Å². The Labute approximate surface area is 214 Å². The van der Waals surface area contributed by atoms with Crippen molar-refractivity contribution in [3.63, 3.8) is 0 Å². The molecule has 2 aliphatic heterocycles. The van der Waals surface area contributed by atoms with E-state index < -0.39 is 5.92 Å². The molecule has 2 aliphatic rings. The number of anilines is 2. The van der Waals surface area contributed by atoms with Crippen LogP contribution in [0.4, 0.5) is 11.4 Å². The van der Waals surface area contributed by atoms with Gasteiger partial charge in [-0.25, -0.2) is 0 Å². The van der Waals surface area contributed by atoms with Crippen LogP contribution in [0.5, 0.6) is 17.2 Å². The standard InChI is InChI=1S/C28H27N3O6/c1-18-4-2-3-5-23(18)30-26(32)16-35-22-9-7-21(8-10-22)31-15-20(13-27(31)33)28(34)29-14-19-6-11-24-25(12-19)37-17-36-24/h2-12,20H,13-17H2,1H3,(H,29,34)(H,30,32)/t20-/m0/s1. The first-order chi connectivity index (χ1) is 18.0. The van der Waals surface area contributed by atoms with E-state index in [0.29, 0.717) is 36.0 Å². The monoisotopic (exact) mass is 501 g/mol. The van der Waals surface area contributed by atoms with Crippen LogP contribution >= 0.6 is 0 Å². The van der Waals surface area contributed by atoms with Crippen molar-refractivity contribution in [1.82, 2.24) is 5.32 Å². The van der Waals surface area contributed by atoms with Crippen molar-refractivity contribution < 1.29 is 28.6 Å². The van der Waals surface area contributed by atoms with E-state index in [0.717, 1.165) is 16.8 Å². The van der Waals surface area contributed by atoms with Crippen LogP contribution < -0.4 is 29.7 Å². The van der Waals surface area contributed by atoms with E-state index in [1.54, 1.807) is 29.2 Å². The number of hydrogen-bond acceptors (Lipinski definition) is 6. The Morgan fingerprint density at radius 3 is 2.62 bits per heavy atom. The number of para-hydroxylation sites is 1. The summed E-state index contributed by atoms with van der Waals surface area (Å²) in [7, 11) is 0. The Kier molecular flexibility index (Phi) is 6.93.